The van der Waals surface area contributed by atoms with Crippen LogP contribution < -0.4 is 0 Å². The van der Waals surface area contributed by atoms with E-state index < -0.39 is 0 Å². The summed E-state index contributed by atoms with van der Waals surface area (Å²) in [6.07, 6.45) is 5.48. The Morgan fingerprint density at radius 1 is 1.29 bits per heavy atom. The maximum atomic E-state index is 9.21. The largest absolute Gasteiger partial charge is 0.444 e. The van der Waals surface area contributed by atoms with E-state index in [4.69, 9.17) is 4.42 Å². The molecule has 0 amide bonds. The molecule has 4 nitrogen and oxygen atoms in total. The summed E-state index contributed by atoms with van der Waals surface area (Å²) in [6, 6.07) is 8.78. The van der Waals surface area contributed by atoms with Crippen LogP contribution in [0.3, 0.4) is 0 Å². The molecule has 4 heteroatoms. The molecule has 1 heterocycles. The first-order chi connectivity index (χ1) is 10.3. The van der Waals surface area contributed by atoms with Crippen molar-refractivity contribution in [2.75, 3.05) is 13.2 Å². The van der Waals surface area contributed by atoms with E-state index in [0.717, 1.165) is 17.8 Å². The summed E-state index contributed by atoms with van der Waals surface area (Å²) >= 11 is 0. The molecule has 1 aromatic carbocycles. The van der Waals surface area contributed by atoms with Crippen LogP contribution in [0.5, 0.6) is 0 Å². The van der Waals surface area contributed by atoms with Gasteiger partial charge in [-0.3, -0.25) is 4.90 Å². The van der Waals surface area contributed by atoms with E-state index >= 15 is 0 Å². The SMILES string of the molecule is Cc1ccc(-c2nc(CN(CCO)C3CCC3)co2)cc1. The lowest BCUT2D eigenvalue weighted by atomic mass is 9.91. The molecule has 1 N–H and O–H groups in total. The zero-order chi connectivity index (χ0) is 14.7. The monoisotopic (exact) mass is 286 g/mol. The van der Waals surface area contributed by atoms with Crippen LogP contribution in [0, 0.1) is 6.92 Å². The molecule has 0 unspecified atom stereocenters. The van der Waals surface area contributed by atoms with Crippen LogP contribution in [-0.4, -0.2) is 34.2 Å². The van der Waals surface area contributed by atoms with Gasteiger partial charge in [0.2, 0.25) is 5.89 Å². The Balaban J connectivity index is 1.70. The highest BCUT2D eigenvalue weighted by molar-refractivity contribution is 5.53. The zero-order valence-electron chi connectivity index (χ0n) is 12.5. The molecule has 1 aliphatic carbocycles. The van der Waals surface area contributed by atoms with Gasteiger partial charge in [-0.25, -0.2) is 4.98 Å². The molecule has 3 rings (SSSR count). The Kier molecular flexibility index (Phi) is 4.36. The van der Waals surface area contributed by atoms with Crippen molar-refractivity contribution in [2.24, 2.45) is 0 Å². The summed E-state index contributed by atoms with van der Waals surface area (Å²) in [7, 11) is 0. The number of aliphatic hydroxyl groups is 1. The molecule has 112 valence electrons. The van der Waals surface area contributed by atoms with Crippen molar-refractivity contribution < 1.29 is 9.52 Å². The van der Waals surface area contributed by atoms with E-state index in [9.17, 15) is 5.11 Å². The molecule has 0 aliphatic heterocycles. The molecule has 1 fully saturated rings. The van der Waals surface area contributed by atoms with E-state index in [0.29, 0.717) is 18.5 Å². The van der Waals surface area contributed by atoms with Crippen LogP contribution in [-0.2, 0) is 6.54 Å². The molecule has 2 aromatic rings. The highest BCUT2D eigenvalue weighted by Gasteiger charge is 2.25. The third-order valence-corrected chi connectivity index (χ3v) is 4.19. The van der Waals surface area contributed by atoms with Gasteiger partial charge in [-0.05, 0) is 31.9 Å². The van der Waals surface area contributed by atoms with Crippen LogP contribution in [0.2, 0.25) is 0 Å². The van der Waals surface area contributed by atoms with E-state index in [1.165, 1.54) is 24.8 Å². The number of aromatic nitrogens is 1. The van der Waals surface area contributed by atoms with Crippen LogP contribution in [0.15, 0.2) is 34.9 Å². The van der Waals surface area contributed by atoms with Crippen molar-refractivity contribution in [3.63, 3.8) is 0 Å². The standard InChI is InChI=1S/C17H22N2O2/c1-13-5-7-14(8-6-13)17-18-15(12-21-17)11-19(9-10-20)16-3-2-4-16/h5-8,12,16,20H,2-4,9-11H2,1H3. The second-order valence-corrected chi connectivity index (χ2v) is 5.79. The number of benzene rings is 1. The average Bonchev–Trinajstić information content (AvgIpc) is 2.86. The quantitative estimate of drug-likeness (QED) is 0.887. The van der Waals surface area contributed by atoms with Gasteiger partial charge in [0.25, 0.3) is 0 Å². The fraction of sp³-hybridized carbons (Fsp3) is 0.471. The maximum Gasteiger partial charge on any atom is 0.226 e. The first-order valence-electron chi connectivity index (χ1n) is 7.62. The van der Waals surface area contributed by atoms with Gasteiger partial charge >= 0.3 is 0 Å². The van der Waals surface area contributed by atoms with Gasteiger partial charge in [-0.1, -0.05) is 24.1 Å². The molecule has 0 radical (unpaired) electrons. The summed E-state index contributed by atoms with van der Waals surface area (Å²) in [5, 5.41) is 9.21. The molecule has 1 saturated carbocycles. The Morgan fingerprint density at radius 3 is 2.67 bits per heavy atom. The minimum Gasteiger partial charge on any atom is -0.444 e. The minimum atomic E-state index is 0.194. The van der Waals surface area contributed by atoms with Crippen molar-refractivity contribution in [1.82, 2.24) is 9.88 Å². The first kappa shape index (κ1) is 14.3. The first-order valence-corrected chi connectivity index (χ1v) is 7.62. The Labute approximate surface area is 125 Å². The molecule has 1 aliphatic rings. The molecule has 0 saturated heterocycles. The second-order valence-electron chi connectivity index (χ2n) is 5.79. The maximum absolute atomic E-state index is 9.21. The van der Waals surface area contributed by atoms with Gasteiger partial charge in [-0.15, -0.1) is 0 Å². The predicted octanol–water partition coefficient (Wildman–Crippen LogP) is 3.00. The van der Waals surface area contributed by atoms with E-state index in [1.807, 2.05) is 12.1 Å². The lowest BCUT2D eigenvalue weighted by Crippen LogP contribution is -2.41. The summed E-state index contributed by atoms with van der Waals surface area (Å²) in [5.41, 5.74) is 3.17. The third-order valence-electron chi connectivity index (χ3n) is 4.19. The van der Waals surface area contributed by atoms with Gasteiger partial charge in [0.05, 0.1) is 12.3 Å². The van der Waals surface area contributed by atoms with E-state index in [1.54, 1.807) is 6.26 Å². The van der Waals surface area contributed by atoms with Crippen molar-refractivity contribution in [2.45, 2.75) is 38.8 Å². The van der Waals surface area contributed by atoms with Gasteiger partial charge in [-0.2, -0.15) is 0 Å². The number of hydrogen-bond donors (Lipinski definition) is 1. The molecule has 21 heavy (non-hydrogen) atoms. The van der Waals surface area contributed by atoms with Gasteiger partial charge in [0, 0.05) is 24.7 Å². The molecule has 1 aromatic heterocycles. The highest BCUT2D eigenvalue weighted by Crippen LogP contribution is 2.26. The number of rotatable bonds is 6. The summed E-state index contributed by atoms with van der Waals surface area (Å²) < 4.78 is 5.60. The van der Waals surface area contributed by atoms with Crippen LogP contribution >= 0.6 is 0 Å². The molecule has 0 bridgehead atoms. The fourth-order valence-electron chi connectivity index (χ4n) is 2.69. The zero-order valence-corrected chi connectivity index (χ0v) is 12.5. The van der Waals surface area contributed by atoms with Crippen molar-refractivity contribution in [3.05, 3.63) is 41.8 Å². The number of hydrogen-bond acceptors (Lipinski definition) is 4. The molecule has 0 spiro atoms. The van der Waals surface area contributed by atoms with Crippen LogP contribution in [0.1, 0.15) is 30.5 Å². The fourth-order valence-corrected chi connectivity index (χ4v) is 2.69. The van der Waals surface area contributed by atoms with Gasteiger partial charge < -0.3 is 9.52 Å². The van der Waals surface area contributed by atoms with Gasteiger partial charge in [0.1, 0.15) is 6.26 Å². The summed E-state index contributed by atoms with van der Waals surface area (Å²) in [6.45, 7) is 3.72. The van der Waals surface area contributed by atoms with Crippen LogP contribution in [0.25, 0.3) is 11.5 Å². The normalized spacial score (nSPS) is 15.4. The average molecular weight is 286 g/mol. The Hall–Kier alpha value is -1.65. The third kappa shape index (κ3) is 3.34. The van der Waals surface area contributed by atoms with Crippen LogP contribution in [0.4, 0.5) is 0 Å². The smallest absolute Gasteiger partial charge is 0.226 e. The second kappa shape index (κ2) is 6.41. The van der Waals surface area contributed by atoms with E-state index in [-0.39, 0.29) is 6.61 Å². The minimum absolute atomic E-state index is 0.194. The molecular formula is C17H22N2O2. The molecule has 0 atom stereocenters. The number of nitrogens with zero attached hydrogens (tertiary/aromatic N) is 2. The topological polar surface area (TPSA) is 49.5 Å². The van der Waals surface area contributed by atoms with E-state index in [2.05, 4.69) is 28.9 Å². The van der Waals surface area contributed by atoms with Crippen molar-refractivity contribution >= 4 is 0 Å². The predicted molar refractivity (Wildman–Crippen MR) is 81.8 cm³/mol. The lowest BCUT2D eigenvalue weighted by molar-refractivity contribution is 0.0933. The number of oxazole rings is 1. The van der Waals surface area contributed by atoms with Crippen molar-refractivity contribution in [1.29, 1.82) is 0 Å². The summed E-state index contributed by atoms with van der Waals surface area (Å²) in [5.74, 6) is 0.669. The number of aryl methyl sites for hydroxylation is 1. The Bertz CT molecular complexity index is 573. The summed E-state index contributed by atoms with van der Waals surface area (Å²) in [4.78, 5) is 6.89. The highest BCUT2D eigenvalue weighted by atomic mass is 16.3. The number of aliphatic hydroxyl groups excluding tert-OH is 1. The van der Waals surface area contributed by atoms with Crippen molar-refractivity contribution in [3.8, 4) is 11.5 Å². The van der Waals surface area contributed by atoms with Gasteiger partial charge in [0.15, 0.2) is 0 Å². The Morgan fingerprint density at radius 2 is 2.05 bits per heavy atom. The molecular weight excluding hydrogens is 264 g/mol. The lowest BCUT2D eigenvalue weighted by Gasteiger charge is -2.36.